The first kappa shape index (κ1) is 21.9. The van der Waals surface area contributed by atoms with Gasteiger partial charge in [0.15, 0.2) is 11.5 Å². The van der Waals surface area contributed by atoms with Crippen molar-refractivity contribution in [3.05, 3.63) is 95.3 Å². The van der Waals surface area contributed by atoms with E-state index < -0.39 is 23.5 Å². The number of ether oxygens (including phenoxy) is 2. The predicted molar refractivity (Wildman–Crippen MR) is 106 cm³/mol. The van der Waals surface area contributed by atoms with Gasteiger partial charge in [-0.1, -0.05) is 30.3 Å². The van der Waals surface area contributed by atoms with Gasteiger partial charge in [-0.2, -0.15) is 13.2 Å². The number of carboxylic acid groups (broad SMARTS) is 1. The molecule has 3 rings (SSSR count). The second-order valence-electron chi connectivity index (χ2n) is 6.33. The van der Waals surface area contributed by atoms with E-state index in [1.165, 1.54) is 24.3 Å². The van der Waals surface area contributed by atoms with E-state index in [4.69, 9.17) is 14.6 Å². The highest BCUT2D eigenvalue weighted by Crippen LogP contribution is 2.32. The molecule has 0 unspecified atom stereocenters. The molecule has 0 saturated carbocycles. The Hall–Kier alpha value is -3.81. The quantitative estimate of drug-likeness (QED) is 0.438. The van der Waals surface area contributed by atoms with Crippen LogP contribution in [0.5, 0.6) is 17.2 Å². The Morgan fingerprint density at radius 2 is 1.71 bits per heavy atom. The minimum absolute atomic E-state index is 0.00397. The SMILES string of the molecule is O=C(O)c1cccc(Oc2ccccc2OC/C=C/c2ccc(C(F)(F)F)cc2F)c1. The van der Waals surface area contributed by atoms with E-state index in [2.05, 4.69) is 0 Å². The van der Waals surface area contributed by atoms with Crippen LogP contribution in [0.15, 0.2) is 72.8 Å². The lowest BCUT2D eigenvalue weighted by atomic mass is 10.1. The van der Waals surface area contributed by atoms with Crippen molar-refractivity contribution in [3.63, 3.8) is 0 Å². The molecule has 0 spiro atoms. The summed E-state index contributed by atoms with van der Waals surface area (Å²) in [5.41, 5.74) is -1.000. The van der Waals surface area contributed by atoms with Crippen LogP contribution in [-0.2, 0) is 6.18 Å². The summed E-state index contributed by atoms with van der Waals surface area (Å²) >= 11 is 0. The Morgan fingerprint density at radius 1 is 0.968 bits per heavy atom. The lowest BCUT2D eigenvalue weighted by Crippen LogP contribution is -2.05. The number of alkyl halides is 3. The zero-order valence-corrected chi connectivity index (χ0v) is 15.9. The van der Waals surface area contributed by atoms with Crippen LogP contribution in [0.2, 0.25) is 0 Å². The summed E-state index contributed by atoms with van der Waals surface area (Å²) in [7, 11) is 0. The molecular weight excluding hydrogens is 416 g/mol. The van der Waals surface area contributed by atoms with Crippen molar-refractivity contribution in [1.82, 2.24) is 0 Å². The van der Waals surface area contributed by atoms with Gasteiger partial charge in [-0.25, -0.2) is 9.18 Å². The van der Waals surface area contributed by atoms with Gasteiger partial charge in [0.05, 0.1) is 11.1 Å². The van der Waals surface area contributed by atoms with Gasteiger partial charge in [-0.3, -0.25) is 0 Å². The molecule has 0 bridgehead atoms. The van der Waals surface area contributed by atoms with E-state index in [0.29, 0.717) is 23.3 Å². The van der Waals surface area contributed by atoms with Gasteiger partial charge >= 0.3 is 12.1 Å². The van der Waals surface area contributed by atoms with Gasteiger partial charge in [0.1, 0.15) is 18.2 Å². The van der Waals surface area contributed by atoms with Gasteiger partial charge in [-0.05, 0) is 48.5 Å². The predicted octanol–water partition coefficient (Wildman–Crippen LogP) is 6.43. The highest BCUT2D eigenvalue weighted by Gasteiger charge is 2.30. The molecule has 0 heterocycles. The monoisotopic (exact) mass is 432 g/mol. The van der Waals surface area contributed by atoms with E-state index in [0.717, 1.165) is 12.1 Å². The van der Waals surface area contributed by atoms with E-state index in [1.54, 1.807) is 36.4 Å². The molecule has 0 aromatic heterocycles. The molecule has 31 heavy (non-hydrogen) atoms. The van der Waals surface area contributed by atoms with Gasteiger partial charge in [0.2, 0.25) is 0 Å². The molecule has 0 saturated heterocycles. The molecule has 0 fully saturated rings. The number of para-hydroxylation sites is 2. The molecule has 0 atom stereocenters. The molecule has 0 aliphatic rings. The van der Waals surface area contributed by atoms with E-state index in [1.807, 2.05) is 0 Å². The van der Waals surface area contributed by atoms with Crippen molar-refractivity contribution in [2.24, 2.45) is 0 Å². The highest BCUT2D eigenvalue weighted by molar-refractivity contribution is 5.88. The van der Waals surface area contributed by atoms with E-state index in [-0.39, 0.29) is 17.7 Å². The molecule has 8 heteroatoms. The summed E-state index contributed by atoms with van der Waals surface area (Å²) < 4.78 is 63.0. The largest absolute Gasteiger partial charge is 0.486 e. The van der Waals surface area contributed by atoms with Gasteiger partial charge in [0.25, 0.3) is 0 Å². The fourth-order valence-corrected chi connectivity index (χ4v) is 2.62. The van der Waals surface area contributed by atoms with Crippen molar-refractivity contribution >= 4 is 12.0 Å². The van der Waals surface area contributed by atoms with Crippen molar-refractivity contribution in [2.45, 2.75) is 6.18 Å². The Balaban J connectivity index is 1.67. The molecule has 0 aliphatic heterocycles. The van der Waals surface area contributed by atoms with Gasteiger partial charge in [-0.15, -0.1) is 0 Å². The maximum Gasteiger partial charge on any atom is 0.416 e. The second-order valence-corrected chi connectivity index (χ2v) is 6.33. The molecule has 160 valence electrons. The Bertz CT molecular complexity index is 1110. The molecule has 3 aromatic rings. The summed E-state index contributed by atoms with van der Waals surface area (Å²) in [5, 5.41) is 9.07. The van der Waals surface area contributed by atoms with Crippen LogP contribution in [0.4, 0.5) is 17.6 Å². The lowest BCUT2D eigenvalue weighted by molar-refractivity contribution is -0.137. The molecule has 0 radical (unpaired) electrons. The molecule has 3 aromatic carbocycles. The lowest BCUT2D eigenvalue weighted by Gasteiger charge is -2.11. The van der Waals surface area contributed by atoms with Crippen LogP contribution < -0.4 is 9.47 Å². The summed E-state index contributed by atoms with van der Waals surface area (Å²) in [5.74, 6) is -1.10. The number of aromatic carboxylic acids is 1. The summed E-state index contributed by atoms with van der Waals surface area (Å²) in [6.45, 7) is -0.00397. The minimum atomic E-state index is -4.61. The Labute approximate surface area is 175 Å². The Morgan fingerprint density at radius 3 is 2.39 bits per heavy atom. The molecule has 1 N–H and O–H groups in total. The molecule has 4 nitrogen and oxygen atoms in total. The number of carbonyl (C=O) groups is 1. The Kier molecular flexibility index (Phi) is 6.59. The minimum Gasteiger partial charge on any atom is -0.486 e. The number of hydrogen-bond acceptors (Lipinski definition) is 3. The smallest absolute Gasteiger partial charge is 0.416 e. The maximum absolute atomic E-state index is 13.9. The third-order valence-electron chi connectivity index (χ3n) is 4.12. The van der Waals surface area contributed by atoms with Crippen LogP contribution in [0.3, 0.4) is 0 Å². The van der Waals surface area contributed by atoms with Crippen molar-refractivity contribution in [1.29, 1.82) is 0 Å². The molecular formula is C23H16F4O4. The van der Waals surface area contributed by atoms with Gasteiger partial charge < -0.3 is 14.6 Å². The standard InChI is InChI=1S/C23H16F4O4/c24-19-14-17(23(25,26)27)11-10-15(19)6-4-12-30-20-8-1-2-9-21(20)31-18-7-3-5-16(13-18)22(28)29/h1-11,13-14H,12H2,(H,28,29)/b6-4+. The van der Waals surface area contributed by atoms with Crippen LogP contribution in [0.1, 0.15) is 21.5 Å². The second kappa shape index (κ2) is 9.34. The van der Waals surface area contributed by atoms with Gasteiger partial charge in [0, 0.05) is 5.56 Å². The third kappa shape index (κ3) is 5.85. The number of rotatable bonds is 7. The first-order valence-electron chi connectivity index (χ1n) is 9.00. The van der Waals surface area contributed by atoms with Crippen LogP contribution in [0, 0.1) is 5.82 Å². The van der Waals surface area contributed by atoms with E-state index in [9.17, 15) is 22.4 Å². The first-order valence-corrected chi connectivity index (χ1v) is 9.00. The van der Waals surface area contributed by atoms with Crippen LogP contribution in [0.25, 0.3) is 6.08 Å². The maximum atomic E-state index is 13.9. The van der Waals surface area contributed by atoms with E-state index >= 15 is 0 Å². The third-order valence-corrected chi connectivity index (χ3v) is 4.12. The average Bonchev–Trinajstić information content (AvgIpc) is 2.72. The summed E-state index contributed by atoms with van der Waals surface area (Å²) in [6.07, 6.45) is -1.84. The number of benzene rings is 3. The zero-order valence-electron chi connectivity index (χ0n) is 15.9. The summed E-state index contributed by atoms with van der Waals surface area (Å²) in [4.78, 5) is 11.1. The number of hydrogen-bond donors (Lipinski definition) is 1. The van der Waals surface area contributed by atoms with Crippen molar-refractivity contribution in [3.8, 4) is 17.2 Å². The summed E-state index contributed by atoms with van der Waals surface area (Å²) in [6, 6.07) is 14.9. The number of carboxylic acids is 1. The van der Waals surface area contributed by atoms with Crippen molar-refractivity contribution < 1.29 is 36.9 Å². The zero-order chi connectivity index (χ0) is 22.4. The topological polar surface area (TPSA) is 55.8 Å². The highest BCUT2D eigenvalue weighted by atomic mass is 19.4. The fourth-order valence-electron chi connectivity index (χ4n) is 2.62. The molecule has 0 amide bonds. The average molecular weight is 432 g/mol. The first-order chi connectivity index (χ1) is 14.7. The fraction of sp³-hybridized carbons (Fsp3) is 0.0870. The number of halogens is 4. The molecule has 0 aliphatic carbocycles. The van der Waals surface area contributed by atoms with Crippen molar-refractivity contribution in [2.75, 3.05) is 6.61 Å². The van der Waals surface area contributed by atoms with Crippen LogP contribution in [-0.4, -0.2) is 17.7 Å². The normalized spacial score (nSPS) is 11.5. The van der Waals surface area contributed by atoms with Crippen LogP contribution >= 0.6 is 0 Å².